The van der Waals surface area contributed by atoms with Gasteiger partial charge < -0.3 is 19.1 Å². The molecule has 0 atom stereocenters. The van der Waals surface area contributed by atoms with Crippen molar-refractivity contribution in [3.8, 4) is 50.7 Å². The monoisotopic (exact) mass is 1170 g/mol. The van der Waals surface area contributed by atoms with Gasteiger partial charge in [0.2, 0.25) is 0 Å². The third-order valence-electron chi connectivity index (χ3n) is 14.4. The number of hydrogen-bond acceptors (Lipinski definition) is 5. The van der Waals surface area contributed by atoms with E-state index in [1.165, 1.54) is 36.7 Å². The molecular weight excluding hydrogens is 1120 g/mol. The number of para-hydroxylation sites is 2. The minimum atomic E-state index is -0.0911. The maximum atomic E-state index is 7.05. The van der Waals surface area contributed by atoms with Gasteiger partial charge in [-0.3, -0.25) is 0 Å². The SMILES string of the molecule is CC(C)(C)c1ccnc(-n2c3[c-]c(Oc4[c-]c(N5[CH-]N(c6c(-c7ccccc7)cc(C(C)(C)C)cc6-c6ccccc6)c6ccccc65)cc(-c5ccccc5)c4)ccc3c3sc4ccc5ccccc5c4c32)c1.[Pt]. The Bertz CT molecular complexity index is 4050. The van der Waals surface area contributed by atoms with E-state index < -0.39 is 0 Å². The van der Waals surface area contributed by atoms with Gasteiger partial charge in [0, 0.05) is 81.7 Å². The van der Waals surface area contributed by atoms with Crippen LogP contribution in [0.15, 0.2) is 206 Å². The molecule has 0 N–H and O–H groups in total. The van der Waals surface area contributed by atoms with Gasteiger partial charge in [0.15, 0.2) is 0 Å². The average molecular weight is 1170 g/mol. The second-order valence-corrected chi connectivity index (χ2v) is 22.4. The number of thiophene rings is 1. The van der Waals surface area contributed by atoms with Crippen LogP contribution in [-0.4, -0.2) is 9.55 Å². The summed E-state index contributed by atoms with van der Waals surface area (Å²) in [4.78, 5) is 9.69. The predicted molar refractivity (Wildman–Crippen MR) is 311 cm³/mol. The predicted octanol–water partition coefficient (Wildman–Crippen LogP) is 18.9. The molecule has 3 aromatic heterocycles. The van der Waals surface area contributed by atoms with Crippen molar-refractivity contribution in [2.75, 3.05) is 9.80 Å². The molecule has 75 heavy (non-hydrogen) atoms. The van der Waals surface area contributed by atoms with Crippen LogP contribution in [0.4, 0.5) is 22.7 Å². The molecule has 1 aliphatic rings. The largest absolute Gasteiger partial charge is 0.509 e. The number of hydrogen-bond donors (Lipinski definition) is 0. The third kappa shape index (κ3) is 8.60. The van der Waals surface area contributed by atoms with Gasteiger partial charge in [-0.1, -0.05) is 186 Å². The van der Waals surface area contributed by atoms with Crippen LogP contribution in [0.25, 0.3) is 81.2 Å². The zero-order valence-corrected chi connectivity index (χ0v) is 45.7. The number of pyridine rings is 1. The van der Waals surface area contributed by atoms with Crippen LogP contribution in [0.3, 0.4) is 0 Å². The van der Waals surface area contributed by atoms with Crippen molar-refractivity contribution in [3.05, 3.63) is 236 Å². The number of nitrogens with zero attached hydrogens (tertiary/aromatic N) is 4. The summed E-state index contributed by atoms with van der Waals surface area (Å²) in [6.07, 6.45) is 1.94. The van der Waals surface area contributed by atoms with Gasteiger partial charge >= 0.3 is 0 Å². The molecule has 12 aromatic rings. The van der Waals surface area contributed by atoms with E-state index in [9.17, 15) is 0 Å². The van der Waals surface area contributed by atoms with Crippen LogP contribution < -0.4 is 14.5 Å². The molecule has 0 spiro atoms. The molecule has 370 valence electrons. The number of benzene rings is 9. The normalized spacial score (nSPS) is 12.7. The fourth-order valence-electron chi connectivity index (χ4n) is 10.6. The van der Waals surface area contributed by atoms with E-state index in [1.807, 2.05) is 23.6 Å². The first kappa shape index (κ1) is 48.2. The minimum Gasteiger partial charge on any atom is -0.509 e. The van der Waals surface area contributed by atoms with Crippen molar-refractivity contribution < 1.29 is 25.8 Å². The van der Waals surface area contributed by atoms with E-state index in [0.29, 0.717) is 11.5 Å². The summed E-state index contributed by atoms with van der Waals surface area (Å²) in [5.41, 5.74) is 15.1. The van der Waals surface area contributed by atoms with Gasteiger partial charge in [-0.2, -0.15) is 6.07 Å². The van der Waals surface area contributed by atoms with Crippen molar-refractivity contribution in [2.45, 2.75) is 52.4 Å². The van der Waals surface area contributed by atoms with Gasteiger partial charge in [0.05, 0.1) is 5.52 Å². The molecule has 7 heteroatoms. The van der Waals surface area contributed by atoms with Crippen LogP contribution in [-0.2, 0) is 31.9 Å². The molecule has 0 unspecified atom stereocenters. The van der Waals surface area contributed by atoms with Crippen LogP contribution >= 0.6 is 11.3 Å². The van der Waals surface area contributed by atoms with Gasteiger partial charge in [-0.05, 0) is 91.9 Å². The minimum absolute atomic E-state index is 0. The van der Waals surface area contributed by atoms with Crippen molar-refractivity contribution in [2.24, 2.45) is 0 Å². The standard InChI is InChI=1S/C68H53N4OS.Pt/c1-67(2,3)49-34-35-69-62(40-49)72-60-42-52(31-32-55(60)66-65(72)63-54-27-17-16-26-47(54)30-33-61(63)74-66)73-53-37-48(44-20-10-7-11-21-44)36-51(41-53)70-43-71(59-29-19-18-28-58(59)70)64-56(45-22-12-8-13-23-45)38-50(68(4,5)6)39-57(64)46-24-14-9-15-25-46;/h7-40,43H,1-6H3;/q-3;. The molecule has 0 fully saturated rings. The maximum absolute atomic E-state index is 7.05. The van der Waals surface area contributed by atoms with Crippen molar-refractivity contribution in [1.29, 1.82) is 0 Å². The Kier molecular flexibility index (Phi) is 12.1. The number of rotatable bonds is 8. The molecule has 9 aromatic carbocycles. The smallest absolute Gasteiger partial charge is 0.135 e. The second-order valence-electron chi connectivity index (χ2n) is 21.3. The number of ether oxygens (including phenoxy) is 1. The van der Waals surface area contributed by atoms with E-state index in [-0.39, 0.29) is 31.9 Å². The van der Waals surface area contributed by atoms with Gasteiger partial charge in [0.1, 0.15) is 5.82 Å². The molecule has 13 rings (SSSR count). The summed E-state index contributed by atoms with van der Waals surface area (Å²) in [5.74, 6) is 2.02. The Labute approximate surface area is 457 Å². The van der Waals surface area contributed by atoms with Crippen molar-refractivity contribution in [3.63, 3.8) is 0 Å². The Morgan fingerprint density at radius 3 is 1.80 bits per heavy atom. The molecule has 0 saturated heterocycles. The molecule has 0 amide bonds. The molecule has 4 heterocycles. The number of anilines is 4. The second kappa shape index (κ2) is 18.9. The third-order valence-corrected chi connectivity index (χ3v) is 15.6. The Morgan fingerprint density at radius 1 is 0.520 bits per heavy atom. The number of aromatic nitrogens is 2. The molecule has 0 bridgehead atoms. The molecular formula is C68H53N4OPtS-3. The Morgan fingerprint density at radius 2 is 1.13 bits per heavy atom. The summed E-state index contributed by atoms with van der Waals surface area (Å²) in [7, 11) is 0. The van der Waals surface area contributed by atoms with Crippen molar-refractivity contribution >= 4 is 76.1 Å². The fraction of sp³-hybridized carbons (Fsp3) is 0.118. The summed E-state index contributed by atoms with van der Waals surface area (Å²) < 4.78 is 11.8. The van der Waals surface area contributed by atoms with Crippen LogP contribution in [0.5, 0.6) is 11.5 Å². The summed E-state index contributed by atoms with van der Waals surface area (Å²) in [6.45, 7) is 15.9. The van der Waals surface area contributed by atoms with Crippen LogP contribution in [0.2, 0.25) is 0 Å². The molecule has 0 radical (unpaired) electrons. The fourth-order valence-corrected chi connectivity index (χ4v) is 11.8. The molecule has 1 aliphatic heterocycles. The van der Waals surface area contributed by atoms with E-state index in [2.05, 4.69) is 269 Å². The summed E-state index contributed by atoms with van der Waals surface area (Å²) in [6, 6.07) is 79.2. The summed E-state index contributed by atoms with van der Waals surface area (Å²) in [5, 5.41) is 4.75. The maximum Gasteiger partial charge on any atom is 0.135 e. The Balaban J connectivity index is 0.00000569. The van der Waals surface area contributed by atoms with Gasteiger partial charge in [-0.15, -0.1) is 59.6 Å². The quantitative estimate of drug-likeness (QED) is 0.142. The number of fused-ring (bicyclic) bond motifs is 8. The first-order valence-electron chi connectivity index (χ1n) is 25.3. The van der Waals surface area contributed by atoms with Gasteiger partial charge in [-0.25, -0.2) is 4.98 Å². The molecule has 0 aliphatic carbocycles. The zero-order valence-electron chi connectivity index (χ0n) is 42.6. The van der Waals surface area contributed by atoms with E-state index in [4.69, 9.17) is 9.72 Å². The van der Waals surface area contributed by atoms with E-state index in [0.717, 1.165) is 78.4 Å². The molecule has 5 nitrogen and oxygen atoms in total. The zero-order chi connectivity index (χ0) is 50.3. The average Bonchev–Trinajstić information content (AvgIpc) is 4.13. The summed E-state index contributed by atoms with van der Waals surface area (Å²) >= 11 is 1.82. The Hall–Kier alpha value is -7.76. The van der Waals surface area contributed by atoms with Crippen molar-refractivity contribution in [1.82, 2.24) is 9.55 Å². The first-order valence-corrected chi connectivity index (χ1v) is 26.2. The first-order chi connectivity index (χ1) is 35.9. The van der Waals surface area contributed by atoms with Gasteiger partial charge in [0.25, 0.3) is 0 Å². The van der Waals surface area contributed by atoms with E-state index >= 15 is 0 Å². The topological polar surface area (TPSA) is 33.5 Å². The molecule has 0 saturated carbocycles. The van der Waals surface area contributed by atoms with Crippen LogP contribution in [0, 0.1) is 18.8 Å². The van der Waals surface area contributed by atoms with E-state index in [1.54, 1.807) is 0 Å². The van der Waals surface area contributed by atoms with Crippen LogP contribution in [0.1, 0.15) is 52.7 Å².